The molecule has 108 valence electrons. The first kappa shape index (κ1) is 15.6. The third-order valence-corrected chi connectivity index (χ3v) is 4.47. The van der Waals surface area contributed by atoms with Crippen LogP contribution in [0.5, 0.6) is 0 Å². The van der Waals surface area contributed by atoms with Crippen LogP contribution in [0.3, 0.4) is 0 Å². The number of hydrogen-bond donors (Lipinski definition) is 1. The highest BCUT2D eigenvalue weighted by molar-refractivity contribution is 9.10. The predicted octanol–water partition coefficient (Wildman–Crippen LogP) is 3.48. The number of nitrogens with two attached hydrogens (primary N) is 1. The highest BCUT2D eigenvalue weighted by atomic mass is 79.9. The van der Waals surface area contributed by atoms with Crippen molar-refractivity contribution in [2.24, 2.45) is 5.73 Å². The summed E-state index contributed by atoms with van der Waals surface area (Å²) < 4.78 is 14.8. The lowest BCUT2D eigenvalue weighted by Crippen LogP contribution is -2.31. The average Bonchev–Trinajstić information content (AvgIpc) is 2.78. The lowest BCUT2D eigenvalue weighted by atomic mass is 10.0. The third-order valence-electron chi connectivity index (χ3n) is 3.15. The summed E-state index contributed by atoms with van der Waals surface area (Å²) in [6.07, 6.45) is 0. The number of aryl methyl sites for hydroxylation is 1. The molecule has 2 N–H and O–H groups in total. The van der Waals surface area contributed by atoms with E-state index in [0.29, 0.717) is 18.7 Å². The van der Waals surface area contributed by atoms with Gasteiger partial charge in [-0.05, 0) is 26.1 Å². The predicted molar refractivity (Wildman–Crippen MR) is 84.2 cm³/mol. The summed E-state index contributed by atoms with van der Waals surface area (Å²) >= 11 is 4.88. The van der Waals surface area contributed by atoms with Gasteiger partial charge in [0.25, 0.3) is 0 Å². The van der Waals surface area contributed by atoms with Gasteiger partial charge < -0.3 is 5.73 Å². The molecule has 2 aromatic rings. The fourth-order valence-corrected chi connectivity index (χ4v) is 3.10. The van der Waals surface area contributed by atoms with Crippen molar-refractivity contribution in [2.45, 2.75) is 19.5 Å². The first-order chi connectivity index (χ1) is 9.51. The molecule has 0 aliphatic heterocycles. The average molecular weight is 358 g/mol. The second-order valence-electron chi connectivity index (χ2n) is 4.69. The zero-order valence-corrected chi connectivity index (χ0v) is 13.8. The number of aromatic nitrogens is 1. The molecule has 0 radical (unpaired) electrons. The largest absolute Gasteiger partial charge is 0.329 e. The smallest absolute Gasteiger partial charge is 0.129 e. The van der Waals surface area contributed by atoms with Gasteiger partial charge in [-0.2, -0.15) is 0 Å². The van der Waals surface area contributed by atoms with Crippen molar-refractivity contribution in [3.05, 3.63) is 50.1 Å². The van der Waals surface area contributed by atoms with E-state index < -0.39 is 0 Å². The molecule has 6 heteroatoms. The van der Waals surface area contributed by atoms with E-state index in [9.17, 15) is 4.39 Å². The van der Waals surface area contributed by atoms with Gasteiger partial charge in [-0.3, -0.25) is 4.90 Å². The fraction of sp³-hybridized carbons (Fsp3) is 0.357. The van der Waals surface area contributed by atoms with Crippen LogP contribution in [0, 0.1) is 12.7 Å². The summed E-state index contributed by atoms with van der Waals surface area (Å²) in [6, 6.07) is 4.92. The van der Waals surface area contributed by atoms with Crippen LogP contribution in [0.2, 0.25) is 0 Å². The monoisotopic (exact) mass is 357 g/mol. The normalized spacial score (nSPS) is 12.9. The van der Waals surface area contributed by atoms with Crippen molar-refractivity contribution in [3.63, 3.8) is 0 Å². The summed E-state index contributed by atoms with van der Waals surface area (Å²) in [5.74, 6) is -0.240. The van der Waals surface area contributed by atoms with Gasteiger partial charge in [0.1, 0.15) is 5.82 Å². The van der Waals surface area contributed by atoms with Crippen LogP contribution < -0.4 is 5.73 Å². The second kappa shape index (κ2) is 6.76. The summed E-state index contributed by atoms with van der Waals surface area (Å²) in [5.41, 5.74) is 7.44. The number of hydrogen-bond acceptors (Lipinski definition) is 4. The fourth-order valence-electron chi connectivity index (χ4n) is 2.16. The molecule has 1 unspecified atom stereocenters. The molecule has 1 heterocycles. The Balaban J connectivity index is 2.18. The maximum Gasteiger partial charge on any atom is 0.129 e. The Bertz CT molecular complexity index is 588. The summed E-state index contributed by atoms with van der Waals surface area (Å²) in [6.45, 7) is 2.99. The molecule has 0 amide bonds. The van der Waals surface area contributed by atoms with Crippen LogP contribution in [0.1, 0.15) is 22.3 Å². The maximum atomic E-state index is 14.1. The Kier molecular flexibility index (Phi) is 5.26. The molecule has 1 aromatic carbocycles. The van der Waals surface area contributed by atoms with E-state index in [4.69, 9.17) is 5.73 Å². The molecule has 1 aromatic heterocycles. The second-order valence-corrected chi connectivity index (χ2v) is 6.67. The minimum atomic E-state index is -0.240. The topological polar surface area (TPSA) is 42.2 Å². The zero-order chi connectivity index (χ0) is 14.7. The molecule has 0 fully saturated rings. The van der Waals surface area contributed by atoms with Crippen LogP contribution in [0.25, 0.3) is 0 Å². The minimum absolute atomic E-state index is 0.162. The van der Waals surface area contributed by atoms with Crippen molar-refractivity contribution >= 4 is 27.3 Å². The maximum absolute atomic E-state index is 14.1. The van der Waals surface area contributed by atoms with Crippen molar-refractivity contribution in [1.29, 1.82) is 0 Å². The highest BCUT2D eigenvalue weighted by Crippen LogP contribution is 2.25. The lowest BCUT2D eigenvalue weighted by Gasteiger charge is -2.27. The summed E-state index contributed by atoms with van der Waals surface area (Å²) in [4.78, 5) is 6.46. The quantitative estimate of drug-likeness (QED) is 0.890. The van der Waals surface area contributed by atoms with E-state index in [2.05, 4.69) is 20.9 Å². The third kappa shape index (κ3) is 3.63. The summed E-state index contributed by atoms with van der Waals surface area (Å²) in [5, 5.41) is 3.06. The van der Waals surface area contributed by atoms with Gasteiger partial charge >= 0.3 is 0 Å². The molecule has 0 saturated heterocycles. The molecule has 0 bridgehead atoms. The Hall–Kier alpha value is -0.820. The van der Waals surface area contributed by atoms with Crippen molar-refractivity contribution in [1.82, 2.24) is 9.88 Å². The summed E-state index contributed by atoms with van der Waals surface area (Å²) in [7, 11) is 1.94. The van der Waals surface area contributed by atoms with Gasteiger partial charge in [-0.25, -0.2) is 9.37 Å². The zero-order valence-electron chi connectivity index (χ0n) is 11.4. The van der Waals surface area contributed by atoms with E-state index in [-0.39, 0.29) is 11.9 Å². The molecule has 0 aliphatic rings. The molecule has 3 nitrogen and oxygen atoms in total. The number of thiazole rings is 1. The van der Waals surface area contributed by atoms with Crippen LogP contribution in [0.4, 0.5) is 4.39 Å². The van der Waals surface area contributed by atoms with E-state index in [1.165, 1.54) is 6.07 Å². The SMILES string of the molecule is Cc1nc(CN(C)C(CN)c2ccc(Br)cc2F)cs1. The molecule has 2 rings (SSSR count). The first-order valence-electron chi connectivity index (χ1n) is 6.27. The van der Waals surface area contributed by atoms with E-state index in [1.807, 2.05) is 30.3 Å². The van der Waals surface area contributed by atoms with Crippen LogP contribution in [0.15, 0.2) is 28.1 Å². The molecular weight excluding hydrogens is 341 g/mol. The molecular formula is C14H17BrFN3S. The van der Waals surface area contributed by atoms with Crippen LogP contribution >= 0.6 is 27.3 Å². The standard InChI is InChI=1S/C14H17BrFN3S/c1-9-18-11(8-20-9)7-19(2)14(6-17)12-4-3-10(15)5-13(12)16/h3-5,8,14H,6-7,17H2,1-2H3. The Morgan fingerprint density at radius 2 is 2.25 bits per heavy atom. The number of halogens is 2. The number of likely N-dealkylation sites (N-methyl/N-ethyl adjacent to an activating group) is 1. The van der Waals surface area contributed by atoms with Gasteiger partial charge in [-0.1, -0.05) is 22.0 Å². The molecule has 0 aliphatic carbocycles. The van der Waals surface area contributed by atoms with Gasteiger partial charge in [0, 0.05) is 28.5 Å². The van der Waals surface area contributed by atoms with Crippen molar-refractivity contribution in [2.75, 3.05) is 13.6 Å². The molecule has 1 atom stereocenters. The van der Waals surface area contributed by atoms with Crippen molar-refractivity contribution < 1.29 is 4.39 Å². The van der Waals surface area contributed by atoms with Gasteiger partial charge in [0.05, 0.1) is 16.7 Å². The van der Waals surface area contributed by atoms with E-state index in [1.54, 1.807) is 17.4 Å². The highest BCUT2D eigenvalue weighted by Gasteiger charge is 2.20. The number of rotatable bonds is 5. The lowest BCUT2D eigenvalue weighted by molar-refractivity contribution is 0.234. The van der Waals surface area contributed by atoms with Crippen LogP contribution in [-0.2, 0) is 6.54 Å². The van der Waals surface area contributed by atoms with Crippen LogP contribution in [-0.4, -0.2) is 23.5 Å². The molecule has 0 spiro atoms. The van der Waals surface area contributed by atoms with E-state index in [0.717, 1.165) is 15.2 Å². The Morgan fingerprint density at radius 1 is 1.50 bits per heavy atom. The van der Waals surface area contributed by atoms with Crippen molar-refractivity contribution in [3.8, 4) is 0 Å². The molecule has 20 heavy (non-hydrogen) atoms. The first-order valence-corrected chi connectivity index (χ1v) is 7.94. The minimum Gasteiger partial charge on any atom is -0.329 e. The number of nitrogens with zero attached hydrogens (tertiary/aromatic N) is 2. The van der Waals surface area contributed by atoms with E-state index >= 15 is 0 Å². The Labute approximate surface area is 130 Å². The van der Waals surface area contributed by atoms with Gasteiger partial charge in [0.15, 0.2) is 0 Å². The van der Waals surface area contributed by atoms with Gasteiger partial charge in [0.2, 0.25) is 0 Å². The molecule has 0 saturated carbocycles. The van der Waals surface area contributed by atoms with Gasteiger partial charge in [-0.15, -0.1) is 11.3 Å². The Morgan fingerprint density at radius 3 is 2.80 bits per heavy atom. The number of benzene rings is 1.